The summed E-state index contributed by atoms with van der Waals surface area (Å²) in [6.07, 6.45) is 8.02. The molecule has 0 aliphatic rings. The van der Waals surface area contributed by atoms with Crippen LogP contribution in [0.25, 0.3) is 0 Å². The lowest BCUT2D eigenvalue weighted by Crippen LogP contribution is -2.56. The summed E-state index contributed by atoms with van der Waals surface area (Å²) in [5.41, 5.74) is -4.26. The van der Waals surface area contributed by atoms with Gasteiger partial charge in [0.25, 0.3) is 0 Å². The lowest BCUT2D eigenvalue weighted by molar-refractivity contribution is 0.0184. The molecular weight excluding hydrogens is 658 g/mol. The topological polar surface area (TPSA) is 212 Å². The van der Waals surface area contributed by atoms with Crippen LogP contribution in [0.3, 0.4) is 0 Å². The standard InChI is InChI=1S/C34H31N3O13/c1-4-15-35-32(44)36(18-22(38)20-49-30(42)26-13-9-7-11-24(26)28(40)47-16-5-2)34(46)37(33(35)45)19-23(39)21-50-31(43)27-14-10-8-12-25(27)29(41)48-17-6-3/h2-4,7-14,22-23,38-39H,1,15-21H2. The van der Waals surface area contributed by atoms with E-state index in [-0.39, 0.29) is 42.0 Å². The summed E-state index contributed by atoms with van der Waals surface area (Å²) in [7, 11) is 0. The Kier molecular flexibility index (Phi) is 13.8. The molecule has 0 saturated heterocycles. The van der Waals surface area contributed by atoms with Crippen LogP contribution in [0.2, 0.25) is 0 Å². The van der Waals surface area contributed by atoms with Crippen molar-refractivity contribution in [1.82, 2.24) is 13.7 Å². The Labute approximate surface area is 283 Å². The number of hydrogen-bond acceptors (Lipinski definition) is 13. The van der Waals surface area contributed by atoms with Crippen LogP contribution in [-0.4, -0.2) is 86.4 Å². The first kappa shape index (κ1) is 38.0. The average molecular weight is 690 g/mol. The SMILES string of the molecule is C#CCOC(=O)c1ccccc1C(=O)OCC(O)Cn1c(=O)n(CC=C)c(=O)n(CC(O)COC(=O)c2ccccc2C(=O)OCC#C)c1=O. The maximum Gasteiger partial charge on any atom is 0.339 e. The molecule has 2 N–H and O–H groups in total. The normalized spacial score (nSPS) is 11.6. The van der Waals surface area contributed by atoms with Crippen molar-refractivity contribution in [1.29, 1.82) is 0 Å². The molecule has 0 spiro atoms. The van der Waals surface area contributed by atoms with E-state index in [1.165, 1.54) is 54.6 Å². The monoisotopic (exact) mass is 689 g/mol. The van der Waals surface area contributed by atoms with Crippen LogP contribution in [-0.2, 0) is 38.6 Å². The molecule has 50 heavy (non-hydrogen) atoms. The van der Waals surface area contributed by atoms with Gasteiger partial charge in [0, 0.05) is 0 Å². The van der Waals surface area contributed by atoms with Gasteiger partial charge in [-0.25, -0.2) is 47.3 Å². The van der Waals surface area contributed by atoms with Crippen molar-refractivity contribution in [3.63, 3.8) is 0 Å². The van der Waals surface area contributed by atoms with E-state index in [1.807, 2.05) is 0 Å². The number of aromatic nitrogens is 3. The highest BCUT2D eigenvalue weighted by Gasteiger charge is 2.24. The van der Waals surface area contributed by atoms with Gasteiger partial charge in [-0.05, 0) is 24.3 Å². The zero-order valence-corrected chi connectivity index (χ0v) is 26.4. The molecule has 2 aromatic carbocycles. The van der Waals surface area contributed by atoms with E-state index in [0.717, 1.165) is 0 Å². The molecule has 0 radical (unpaired) electrons. The van der Waals surface area contributed by atoms with E-state index in [9.17, 15) is 43.8 Å². The molecule has 16 nitrogen and oxygen atoms in total. The smallest absolute Gasteiger partial charge is 0.339 e. The third kappa shape index (κ3) is 9.54. The molecular formula is C34H31N3O13. The third-order valence-corrected chi connectivity index (χ3v) is 6.60. The second-order valence-corrected chi connectivity index (χ2v) is 10.1. The van der Waals surface area contributed by atoms with Crippen LogP contribution in [0.5, 0.6) is 0 Å². The van der Waals surface area contributed by atoms with Crippen molar-refractivity contribution >= 4 is 23.9 Å². The Morgan fingerprint density at radius 3 is 1.28 bits per heavy atom. The zero-order chi connectivity index (χ0) is 36.8. The fraction of sp³-hybridized carbons (Fsp3) is 0.265. The summed E-state index contributed by atoms with van der Waals surface area (Å²) in [6.45, 7) is -0.633. The number of hydrogen-bond donors (Lipinski definition) is 2. The number of nitrogens with zero attached hydrogens (tertiary/aromatic N) is 3. The van der Waals surface area contributed by atoms with Gasteiger partial charge in [0.2, 0.25) is 0 Å². The molecule has 0 aliphatic carbocycles. The van der Waals surface area contributed by atoms with E-state index in [0.29, 0.717) is 13.7 Å². The Balaban J connectivity index is 1.76. The predicted molar refractivity (Wildman–Crippen MR) is 173 cm³/mol. The van der Waals surface area contributed by atoms with E-state index in [2.05, 4.69) is 18.4 Å². The van der Waals surface area contributed by atoms with Crippen LogP contribution in [0.1, 0.15) is 41.4 Å². The molecule has 2 unspecified atom stereocenters. The number of aliphatic hydroxyl groups excluding tert-OH is 2. The number of benzene rings is 2. The van der Waals surface area contributed by atoms with Crippen molar-refractivity contribution < 1.29 is 48.3 Å². The molecule has 1 heterocycles. The molecule has 3 aromatic rings. The summed E-state index contributed by atoms with van der Waals surface area (Å²) in [4.78, 5) is 89.4. The van der Waals surface area contributed by atoms with Crippen molar-refractivity contribution in [2.24, 2.45) is 0 Å². The molecule has 0 amide bonds. The maximum absolute atomic E-state index is 13.3. The summed E-state index contributed by atoms with van der Waals surface area (Å²) >= 11 is 0. The molecule has 16 heteroatoms. The number of allylic oxidation sites excluding steroid dienone is 1. The lowest BCUT2D eigenvalue weighted by atomic mass is 10.1. The maximum atomic E-state index is 13.3. The van der Waals surface area contributed by atoms with Gasteiger partial charge in [0.1, 0.15) is 25.4 Å². The third-order valence-electron chi connectivity index (χ3n) is 6.60. The average Bonchev–Trinajstić information content (AvgIpc) is 3.12. The number of rotatable bonds is 16. The minimum atomic E-state index is -1.67. The zero-order valence-electron chi connectivity index (χ0n) is 26.4. The number of carbonyl (C=O) groups excluding carboxylic acids is 4. The van der Waals surface area contributed by atoms with Crippen molar-refractivity contribution in [3.8, 4) is 24.7 Å². The Bertz CT molecular complexity index is 1890. The van der Waals surface area contributed by atoms with Gasteiger partial charge in [0.15, 0.2) is 13.2 Å². The summed E-state index contributed by atoms with van der Waals surface area (Å²) in [5, 5.41) is 21.2. The predicted octanol–water partition coefficient (Wildman–Crippen LogP) is -0.626. The molecule has 0 bridgehead atoms. The van der Waals surface area contributed by atoms with E-state index < -0.39 is 79.5 Å². The van der Waals surface area contributed by atoms with Crippen LogP contribution >= 0.6 is 0 Å². The van der Waals surface area contributed by atoms with E-state index >= 15 is 0 Å². The van der Waals surface area contributed by atoms with E-state index in [1.54, 1.807) is 0 Å². The lowest BCUT2D eigenvalue weighted by Gasteiger charge is -2.18. The molecule has 1 aromatic heterocycles. The molecule has 0 fully saturated rings. The van der Waals surface area contributed by atoms with Gasteiger partial charge in [0.05, 0.1) is 41.9 Å². The van der Waals surface area contributed by atoms with E-state index in [4.69, 9.17) is 31.8 Å². The number of aliphatic hydroxyl groups is 2. The van der Waals surface area contributed by atoms with Crippen LogP contribution in [0.15, 0.2) is 75.6 Å². The highest BCUT2D eigenvalue weighted by Crippen LogP contribution is 2.14. The summed E-state index contributed by atoms with van der Waals surface area (Å²) < 4.78 is 21.4. The summed E-state index contributed by atoms with van der Waals surface area (Å²) in [5.74, 6) is 0.376. The first-order chi connectivity index (χ1) is 23.9. The Morgan fingerprint density at radius 1 is 0.640 bits per heavy atom. The van der Waals surface area contributed by atoms with Crippen molar-refractivity contribution in [2.45, 2.75) is 31.8 Å². The minimum absolute atomic E-state index is 0.158. The molecule has 0 saturated carbocycles. The number of ether oxygens (including phenoxy) is 4. The van der Waals surface area contributed by atoms with Gasteiger partial charge in [-0.15, -0.1) is 19.4 Å². The van der Waals surface area contributed by atoms with Crippen LogP contribution in [0.4, 0.5) is 0 Å². The number of terminal acetylenes is 2. The molecule has 2 atom stereocenters. The van der Waals surface area contributed by atoms with Gasteiger partial charge < -0.3 is 29.2 Å². The van der Waals surface area contributed by atoms with Gasteiger partial charge in [-0.3, -0.25) is 0 Å². The fourth-order valence-corrected chi connectivity index (χ4v) is 4.35. The Hall–Kier alpha value is -6.49. The van der Waals surface area contributed by atoms with Crippen molar-refractivity contribution in [2.75, 3.05) is 26.4 Å². The second kappa shape index (κ2) is 18.2. The van der Waals surface area contributed by atoms with Gasteiger partial charge in [-0.1, -0.05) is 42.2 Å². The quantitative estimate of drug-likeness (QED) is 0.0832. The van der Waals surface area contributed by atoms with Crippen LogP contribution < -0.4 is 17.1 Å². The minimum Gasteiger partial charge on any atom is -0.459 e. The van der Waals surface area contributed by atoms with Gasteiger partial charge in [-0.2, -0.15) is 0 Å². The second-order valence-electron chi connectivity index (χ2n) is 10.1. The largest absolute Gasteiger partial charge is 0.459 e. The van der Waals surface area contributed by atoms with Crippen LogP contribution in [0, 0.1) is 24.7 Å². The van der Waals surface area contributed by atoms with Crippen molar-refractivity contribution in [3.05, 3.63) is 115 Å². The fourth-order valence-electron chi connectivity index (χ4n) is 4.35. The molecule has 0 aliphatic heterocycles. The highest BCUT2D eigenvalue weighted by molar-refractivity contribution is 6.03. The van der Waals surface area contributed by atoms with Gasteiger partial charge >= 0.3 is 40.9 Å². The Morgan fingerprint density at radius 2 is 0.960 bits per heavy atom. The number of carbonyl (C=O) groups is 4. The molecule has 260 valence electrons. The number of esters is 4. The first-order valence-corrected chi connectivity index (χ1v) is 14.6. The first-order valence-electron chi connectivity index (χ1n) is 14.6. The molecule has 3 rings (SSSR count). The summed E-state index contributed by atoms with van der Waals surface area (Å²) in [6, 6.07) is 11.0. The highest BCUT2D eigenvalue weighted by atomic mass is 16.6.